The number of nitrogens with zero attached hydrogens (tertiary/aromatic N) is 1. The lowest BCUT2D eigenvalue weighted by atomic mass is 9.89. The number of piperidine rings is 1. The van der Waals surface area contributed by atoms with Gasteiger partial charge in [0, 0.05) is 24.5 Å². The van der Waals surface area contributed by atoms with Gasteiger partial charge in [-0.05, 0) is 61.3 Å². The van der Waals surface area contributed by atoms with Gasteiger partial charge in [-0.25, -0.2) is 0 Å². The van der Waals surface area contributed by atoms with E-state index in [2.05, 4.69) is 23.5 Å². The molecule has 0 radical (unpaired) electrons. The predicted molar refractivity (Wildman–Crippen MR) is 126 cm³/mol. The van der Waals surface area contributed by atoms with Crippen molar-refractivity contribution in [3.05, 3.63) is 70.2 Å². The lowest BCUT2D eigenvalue weighted by Crippen LogP contribution is -2.52. The Morgan fingerprint density at radius 1 is 1.10 bits per heavy atom. The quantitative estimate of drug-likeness (QED) is 0.648. The molecule has 0 aliphatic carbocycles. The standard InChI is InChI=1S/C26H33ClN2O2/c1-18(2)25(28-24(30)12-7-20-6-4-5-19(3)17-20)26(31)29-15-13-22(14-16-29)21-8-10-23(27)11-9-21/h4-6,8-11,17-18,22,25H,7,12-16H2,1-3H3,(H,28,30). The van der Waals surface area contributed by atoms with Crippen molar-refractivity contribution in [3.8, 4) is 0 Å². The van der Waals surface area contributed by atoms with E-state index in [0.29, 0.717) is 31.8 Å². The number of aryl methyl sites for hydroxylation is 2. The van der Waals surface area contributed by atoms with Gasteiger partial charge in [0.1, 0.15) is 6.04 Å². The van der Waals surface area contributed by atoms with Crippen molar-refractivity contribution in [2.45, 2.75) is 58.4 Å². The molecule has 2 aromatic carbocycles. The maximum Gasteiger partial charge on any atom is 0.245 e. The third kappa shape index (κ3) is 6.57. The Balaban J connectivity index is 1.53. The number of hydrogen-bond donors (Lipinski definition) is 1. The topological polar surface area (TPSA) is 49.4 Å². The lowest BCUT2D eigenvalue weighted by Gasteiger charge is -2.35. The summed E-state index contributed by atoms with van der Waals surface area (Å²) in [6, 6.07) is 15.7. The Bertz CT molecular complexity index is 887. The van der Waals surface area contributed by atoms with Crippen molar-refractivity contribution in [2.75, 3.05) is 13.1 Å². The minimum Gasteiger partial charge on any atom is -0.344 e. The first-order valence-corrected chi connectivity index (χ1v) is 11.6. The molecule has 0 saturated carbocycles. The number of hydrogen-bond acceptors (Lipinski definition) is 2. The highest BCUT2D eigenvalue weighted by molar-refractivity contribution is 6.30. The Labute approximate surface area is 191 Å². The van der Waals surface area contributed by atoms with Gasteiger partial charge < -0.3 is 10.2 Å². The first-order chi connectivity index (χ1) is 14.8. The van der Waals surface area contributed by atoms with Crippen molar-refractivity contribution < 1.29 is 9.59 Å². The fourth-order valence-corrected chi connectivity index (χ4v) is 4.38. The Morgan fingerprint density at radius 2 is 1.77 bits per heavy atom. The highest BCUT2D eigenvalue weighted by atomic mass is 35.5. The third-order valence-electron chi connectivity index (χ3n) is 6.12. The maximum absolute atomic E-state index is 13.2. The van der Waals surface area contributed by atoms with Gasteiger partial charge in [-0.1, -0.05) is 67.4 Å². The van der Waals surface area contributed by atoms with E-state index in [1.807, 2.05) is 56.0 Å². The summed E-state index contributed by atoms with van der Waals surface area (Å²) in [6.45, 7) is 7.46. The second-order valence-electron chi connectivity index (χ2n) is 8.93. The zero-order valence-corrected chi connectivity index (χ0v) is 19.5. The molecule has 0 spiro atoms. The summed E-state index contributed by atoms with van der Waals surface area (Å²) in [5.74, 6) is 0.463. The number of nitrogens with one attached hydrogen (secondary N) is 1. The number of carbonyl (C=O) groups excluding carboxylic acids is 2. The van der Waals surface area contributed by atoms with E-state index in [9.17, 15) is 9.59 Å². The van der Waals surface area contributed by atoms with Crippen LogP contribution in [-0.4, -0.2) is 35.8 Å². The van der Waals surface area contributed by atoms with Crippen LogP contribution in [0.4, 0.5) is 0 Å². The summed E-state index contributed by atoms with van der Waals surface area (Å²) in [7, 11) is 0. The van der Waals surface area contributed by atoms with E-state index in [1.165, 1.54) is 11.1 Å². The molecule has 5 heteroatoms. The lowest BCUT2D eigenvalue weighted by molar-refractivity contribution is -0.138. The molecule has 1 atom stereocenters. The summed E-state index contributed by atoms with van der Waals surface area (Å²) in [4.78, 5) is 27.7. The van der Waals surface area contributed by atoms with Crippen LogP contribution in [0, 0.1) is 12.8 Å². The van der Waals surface area contributed by atoms with Crippen LogP contribution in [0.2, 0.25) is 5.02 Å². The summed E-state index contributed by atoms with van der Waals surface area (Å²) >= 11 is 6.00. The molecule has 0 bridgehead atoms. The van der Waals surface area contributed by atoms with E-state index in [1.54, 1.807) is 0 Å². The Morgan fingerprint density at radius 3 is 2.39 bits per heavy atom. The van der Waals surface area contributed by atoms with Crippen LogP contribution < -0.4 is 5.32 Å². The second kappa shape index (κ2) is 10.8. The van der Waals surface area contributed by atoms with Crippen LogP contribution in [0.5, 0.6) is 0 Å². The molecule has 1 fully saturated rings. The number of amides is 2. The molecule has 31 heavy (non-hydrogen) atoms. The summed E-state index contributed by atoms with van der Waals surface area (Å²) in [5, 5.41) is 3.75. The van der Waals surface area contributed by atoms with Crippen molar-refractivity contribution in [1.82, 2.24) is 10.2 Å². The molecule has 3 rings (SSSR count). The second-order valence-corrected chi connectivity index (χ2v) is 9.37. The van der Waals surface area contributed by atoms with Crippen molar-refractivity contribution in [3.63, 3.8) is 0 Å². The maximum atomic E-state index is 13.2. The highest BCUT2D eigenvalue weighted by Gasteiger charge is 2.31. The average Bonchev–Trinajstić information content (AvgIpc) is 2.76. The molecule has 2 amide bonds. The SMILES string of the molecule is Cc1cccc(CCC(=O)NC(C(=O)N2CCC(c3ccc(Cl)cc3)CC2)C(C)C)c1. The molecular formula is C26H33ClN2O2. The largest absolute Gasteiger partial charge is 0.344 e. The van der Waals surface area contributed by atoms with Gasteiger partial charge in [0.15, 0.2) is 0 Å². The fourth-order valence-electron chi connectivity index (χ4n) is 4.25. The van der Waals surface area contributed by atoms with Crippen LogP contribution in [0.1, 0.15) is 55.7 Å². The van der Waals surface area contributed by atoms with Gasteiger partial charge in [-0.2, -0.15) is 0 Å². The van der Waals surface area contributed by atoms with Crippen LogP contribution >= 0.6 is 11.6 Å². The molecule has 2 aromatic rings. The van der Waals surface area contributed by atoms with Gasteiger partial charge in [0.25, 0.3) is 0 Å². The van der Waals surface area contributed by atoms with E-state index >= 15 is 0 Å². The molecule has 0 aromatic heterocycles. The fraction of sp³-hybridized carbons (Fsp3) is 0.462. The van der Waals surface area contributed by atoms with Gasteiger partial charge >= 0.3 is 0 Å². The number of benzene rings is 2. The monoisotopic (exact) mass is 440 g/mol. The molecule has 1 aliphatic rings. The van der Waals surface area contributed by atoms with Crippen LogP contribution in [0.25, 0.3) is 0 Å². The number of likely N-dealkylation sites (tertiary alicyclic amines) is 1. The average molecular weight is 441 g/mol. The first-order valence-electron chi connectivity index (χ1n) is 11.2. The minimum absolute atomic E-state index is 0.0356. The van der Waals surface area contributed by atoms with Gasteiger partial charge in [0.2, 0.25) is 11.8 Å². The zero-order chi connectivity index (χ0) is 22.4. The van der Waals surface area contributed by atoms with Crippen LogP contribution in [0.3, 0.4) is 0 Å². The van der Waals surface area contributed by atoms with Crippen molar-refractivity contribution in [2.24, 2.45) is 5.92 Å². The molecule has 1 N–H and O–H groups in total. The first kappa shape index (κ1) is 23.3. The van der Waals surface area contributed by atoms with Crippen molar-refractivity contribution in [1.29, 1.82) is 0 Å². The molecule has 166 valence electrons. The molecule has 1 heterocycles. The summed E-state index contributed by atoms with van der Waals surface area (Å²) < 4.78 is 0. The number of rotatable bonds is 7. The van der Waals surface area contributed by atoms with Crippen LogP contribution in [0.15, 0.2) is 48.5 Å². The highest BCUT2D eigenvalue weighted by Crippen LogP contribution is 2.29. The predicted octanol–water partition coefficient (Wildman–Crippen LogP) is 5.13. The van der Waals surface area contributed by atoms with E-state index in [-0.39, 0.29) is 17.7 Å². The van der Waals surface area contributed by atoms with Crippen LogP contribution in [-0.2, 0) is 16.0 Å². The zero-order valence-electron chi connectivity index (χ0n) is 18.7. The van der Waals surface area contributed by atoms with Crippen molar-refractivity contribution >= 4 is 23.4 Å². The number of carbonyl (C=O) groups is 2. The van der Waals surface area contributed by atoms with E-state index in [0.717, 1.165) is 23.4 Å². The molecular weight excluding hydrogens is 408 g/mol. The Kier molecular flexibility index (Phi) is 8.14. The normalized spacial score (nSPS) is 15.7. The Hall–Kier alpha value is -2.33. The minimum atomic E-state index is -0.475. The van der Waals surface area contributed by atoms with Gasteiger partial charge in [-0.3, -0.25) is 9.59 Å². The van der Waals surface area contributed by atoms with E-state index in [4.69, 9.17) is 11.6 Å². The van der Waals surface area contributed by atoms with Gasteiger partial charge in [0.05, 0.1) is 0 Å². The molecule has 1 aliphatic heterocycles. The smallest absolute Gasteiger partial charge is 0.245 e. The van der Waals surface area contributed by atoms with Gasteiger partial charge in [-0.15, -0.1) is 0 Å². The molecule has 1 unspecified atom stereocenters. The summed E-state index contributed by atoms with van der Waals surface area (Å²) in [5.41, 5.74) is 3.61. The summed E-state index contributed by atoms with van der Waals surface area (Å²) in [6.07, 6.45) is 2.93. The molecule has 4 nitrogen and oxygen atoms in total. The molecule has 1 saturated heterocycles. The van der Waals surface area contributed by atoms with E-state index < -0.39 is 6.04 Å². The third-order valence-corrected chi connectivity index (χ3v) is 6.37. The number of halogens is 1.